The molecule has 29 heavy (non-hydrogen) atoms. The molecule has 0 fully saturated rings. The fraction of sp³-hybridized carbons (Fsp3) is 0.235. The van der Waals surface area contributed by atoms with Crippen LogP contribution in [0, 0.1) is 0 Å². The summed E-state index contributed by atoms with van der Waals surface area (Å²) in [6.45, 7) is -0.229. The summed E-state index contributed by atoms with van der Waals surface area (Å²) in [5.74, 6) is -0.0680. The summed E-state index contributed by atoms with van der Waals surface area (Å²) < 4.78 is 14.2. The molecule has 3 heterocycles. The molecule has 1 aromatic carbocycles. The maximum atomic E-state index is 12.5. The van der Waals surface area contributed by atoms with Gasteiger partial charge in [0.2, 0.25) is 5.91 Å². The van der Waals surface area contributed by atoms with Crippen molar-refractivity contribution in [3.63, 3.8) is 0 Å². The van der Waals surface area contributed by atoms with Gasteiger partial charge in [-0.3, -0.25) is 24.0 Å². The minimum Gasteiger partial charge on any atom is -0.495 e. The average molecular weight is 419 g/mol. The molecule has 0 spiro atoms. The third kappa shape index (κ3) is 3.05. The Morgan fingerprint density at radius 3 is 2.76 bits per heavy atom. The van der Waals surface area contributed by atoms with Crippen molar-refractivity contribution in [3.05, 3.63) is 44.3 Å². The number of rotatable bonds is 4. The van der Waals surface area contributed by atoms with Crippen LogP contribution >= 0.6 is 11.6 Å². The van der Waals surface area contributed by atoms with E-state index < -0.39 is 17.2 Å². The zero-order valence-electron chi connectivity index (χ0n) is 15.6. The summed E-state index contributed by atoms with van der Waals surface area (Å²) in [6.07, 6.45) is 1.32. The van der Waals surface area contributed by atoms with Gasteiger partial charge in [-0.1, -0.05) is 11.6 Å². The molecule has 4 rings (SSSR count). The number of ether oxygens (including phenoxy) is 1. The number of nitrogens with zero attached hydrogens (tertiary/aromatic N) is 5. The molecule has 0 radical (unpaired) electrons. The van der Waals surface area contributed by atoms with Gasteiger partial charge in [-0.2, -0.15) is 4.98 Å². The molecule has 150 valence electrons. The van der Waals surface area contributed by atoms with Crippen LogP contribution < -0.4 is 21.3 Å². The first-order valence-electron chi connectivity index (χ1n) is 8.35. The second-order valence-electron chi connectivity index (χ2n) is 6.27. The number of amides is 1. The zero-order chi connectivity index (χ0) is 20.9. The van der Waals surface area contributed by atoms with Crippen molar-refractivity contribution >= 4 is 45.8 Å². The predicted octanol–water partition coefficient (Wildman–Crippen LogP) is 0.876. The lowest BCUT2D eigenvalue weighted by atomic mass is 10.3. The maximum Gasteiger partial charge on any atom is 0.332 e. The SMILES string of the molecule is COc1cc2nc(NC(=O)Cn3cnc4c3c(=O)n(C)c(=O)n4C)oc2cc1Cl. The summed E-state index contributed by atoms with van der Waals surface area (Å²) in [5, 5.41) is 2.87. The highest BCUT2D eigenvalue weighted by Gasteiger charge is 2.17. The van der Waals surface area contributed by atoms with E-state index in [0.29, 0.717) is 21.9 Å². The molecule has 11 nitrogen and oxygen atoms in total. The first kappa shape index (κ1) is 18.7. The summed E-state index contributed by atoms with van der Waals surface area (Å²) in [4.78, 5) is 45.1. The molecule has 12 heteroatoms. The van der Waals surface area contributed by atoms with Gasteiger partial charge in [-0.25, -0.2) is 9.78 Å². The minimum atomic E-state index is -0.544. The van der Waals surface area contributed by atoms with E-state index >= 15 is 0 Å². The third-order valence-corrected chi connectivity index (χ3v) is 4.73. The van der Waals surface area contributed by atoms with E-state index in [1.54, 1.807) is 6.07 Å². The van der Waals surface area contributed by atoms with Crippen molar-refractivity contribution in [2.45, 2.75) is 6.54 Å². The fourth-order valence-corrected chi connectivity index (χ4v) is 3.20. The Morgan fingerprint density at radius 2 is 2.03 bits per heavy atom. The van der Waals surface area contributed by atoms with Crippen LogP contribution in [0.1, 0.15) is 0 Å². The Morgan fingerprint density at radius 1 is 1.28 bits per heavy atom. The van der Waals surface area contributed by atoms with Gasteiger partial charge in [-0.15, -0.1) is 0 Å². The lowest BCUT2D eigenvalue weighted by molar-refractivity contribution is -0.116. The molecule has 0 aliphatic rings. The summed E-state index contributed by atoms with van der Waals surface area (Å²) in [7, 11) is 4.34. The molecule has 1 amide bonds. The molecule has 0 bridgehead atoms. The molecule has 0 unspecified atom stereocenters. The van der Waals surface area contributed by atoms with Gasteiger partial charge < -0.3 is 13.7 Å². The molecule has 0 aliphatic heterocycles. The predicted molar refractivity (Wildman–Crippen MR) is 104 cm³/mol. The maximum absolute atomic E-state index is 12.5. The van der Waals surface area contributed by atoms with Crippen molar-refractivity contribution in [3.8, 4) is 5.75 Å². The zero-order valence-corrected chi connectivity index (χ0v) is 16.4. The van der Waals surface area contributed by atoms with Gasteiger partial charge in [-0.05, 0) is 0 Å². The first-order valence-corrected chi connectivity index (χ1v) is 8.72. The Balaban J connectivity index is 1.63. The van der Waals surface area contributed by atoms with Crippen molar-refractivity contribution in [1.29, 1.82) is 0 Å². The van der Waals surface area contributed by atoms with Crippen LogP contribution in [0.5, 0.6) is 5.75 Å². The third-order valence-electron chi connectivity index (χ3n) is 4.44. The first-order chi connectivity index (χ1) is 13.8. The Labute approximate surface area is 167 Å². The van der Waals surface area contributed by atoms with E-state index in [2.05, 4.69) is 15.3 Å². The van der Waals surface area contributed by atoms with Crippen molar-refractivity contribution in [2.24, 2.45) is 14.1 Å². The van der Waals surface area contributed by atoms with Gasteiger partial charge in [0.25, 0.3) is 5.56 Å². The number of methoxy groups -OCH3 is 1. The molecule has 1 N–H and O–H groups in total. The van der Waals surface area contributed by atoms with Gasteiger partial charge in [0, 0.05) is 26.2 Å². The van der Waals surface area contributed by atoms with E-state index in [1.165, 1.54) is 42.7 Å². The van der Waals surface area contributed by atoms with E-state index in [-0.39, 0.29) is 23.7 Å². The summed E-state index contributed by atoms with van der Waals surface area (Å²) in [5.41, 5.74) is 0.115. The minimum absolute atomic E-state index is 0.0287. The van der Waals surface area contributed by atoms with Gasteiger partial charge in [0.15, 0.2) is 16.7 Å². The normalized spacial score (nSPS) is 11.3. The summed E-state index contributed by atoms with van der Waals surface area (Å²) in [6, 6.07) is 3.09. The molecular formula is C17H15ClN6O5. The lowest BCUT2D eigenvalue weighted by Crippen LogP contribution is -2.37. The molecular weight excluding hydrogens is 404 g/mol. The number of imidazole rings is 1. The number of oxazole rings is 1. The standard InChI is InChI=1S/C17H15ClN6O5/c1-22-14-13(15(26)23(2)17(22)27)24(7-19-14)6-12(25)21-16-20-9-5-10(28-3)8(18)4-11(9)29-16/h4-5,7H,6H2,1-3H3,(H,20,21,25). The topological polar surface area (TPSA) is 126 Å². The molecule has 3 aromatic heterocycles. The van der Waals surface area contributed by atoms with Crippen LogP contribution in [0.25, 0.3) is 22.3 Å². The molecule has 0 aliphatic carbocycles. The van der Waals surface area contributed by atoms with Crippen LogP contribution in [0.4, 0.5) is 6.01 Å². The number of aryl methyl sites for hydroxylation is 1. The van der Waals surface area contributed by atoms with Gasteiger partial charge >= 0.3 is 11.7 Å². The van der Waals surface area contributed by atoms with Crippen LogP contribution in [0.15, 0.2) is 32.5 Å². The Kier molecular flexibility index (Phi) is 4.38. The van der Waals surface area contributed by atoms with Gasteiger partial charge in [0.1, 0.15) is 17.8 Å². The average Bonchev–Trinajstić information content (AvgIpc) is 3.27. The molecule has 0 saturated carbocycles. The highest BCUT2D eigenvalue weighted by Crippen LogP contribution is 2.31. The highest BCUT2D eigenvalue weighted by molar-refractivity contribution is 6.32. The lowest BCUT2D eigenvalue weighted by Gasteiger charge is -2.06. The second-order valence-corrected chi connectivity index (χ2v) is 6.68. The van der Waals surface area contributed by atoms with Gasteiger partial charge in [0.05, 0.1) is 18.5 Å². The number of hydrogen-bond donors (Lipinski definition) is 1. The fourth-order valence-electron chi connectivity index (χ4n) is 2.97. The monoisotopic (exact) mass is 418 g/mol. The number of carbonyl (C=O) groups is 1. The number of benzene rings is 1. The van der Waals surface area contributed by atoms with E-state index in [1.807, 2.05) is 0 Å². The number of anilines is 1. The van der Waals surface area contributed by atoms with E-state index in [0.717, 1.165) is 4.57 Å². The largest absolute Gasteiger partial charge is 0.495 e. The number of halogens is 1. The van der Waals surface area contributed by atoms with Crippen LogP contribution in [0.3, 0.4) is 0 Å². The second kappa shape index (κ2) is 6.78. The molecule has 0 atom stereocenters. The smallest absolute Gasteiger partial charge is 0.332 e. The highest BCUT2D eigenvalue weighted by atomic mass is 35.5. The Bertz CT molecular complexity index is 1400. The number of fused-ring (bicyclic) bond motifs is 2. The van der Waals surface area contributed by atoms with Crippen molar-refractivity contribution in [2.75, 3.05) is 12.4 Å². The Hall–Kier alpha value is -3.60. The number of nitrogens with one attached hydrogen (secondary N) is 1. The van der Waals surface area contributed by atoms with E-state index in [4.69, 9.17) is 20.8 Å². The van der Waals surface area contributed by atoms with Crippen LogP contribution in [-0.2, 0) is 25.4 Å². The van der Waals surface area contributed by atoms with Crippen molar-refractivity contribution in [1.82, 2.24) is 23.7 Å². The molecule has 0 saturated heterocycles. The van der Waals surface area contributed by atoms with Crippen molar-refractivity contribution < 1.29 is 13.9 Å². The quantitative estimate of drug-likeness (QED) is 0.521. The molecule has 4 aromatic rings. The number of hydrogen-bond acceptors (Lipinski definition) is 7. The number of carbonyl (C=O) groups excluding carboxylic acids is 1. The number of aromatic nitrogens is 5. The summed E-state index contributed by atoms with van der Waals surface area (Å²) >= 11 is 6.05. The van der Waals surface area contributed by atoms with Crippen LogP contribution in [-0.4, -0.2) is 36.7 Å². The van der Waals surface area contributed by atoms with E-state index in [9.17, 15) is 14.4 Å². The van der Waals surface area contributed by atoms with Crippen LogP contribution in [0.2, 0.25) is 5.02 Å².